The van der Waals surface area contributed by atoms with Crippen LogP contribution in [0, 0.1) is 6.92 Å². The molecular weight excluding hydrogens is 574 g/mol. The SMILES string of the molecule is COc1ccc(CC[C@@H](OC(=O)[C@@H]2CCCCN2S(=O)(=O)c2ccc(C)cc2)c2cccc(OCC(=O)O)c2)cc1OC. The summed E-state index contributed by atoms with van der Waals surface area (Å²) in [4.78, 5) is 24.9. The van der Waals surface area contributed by atoms with Crippen molar-refractivity contribution >= 4 is 22.0 Å². The molecule has 11 heteroatoms. The van der Waals surface area contributed by atoms with Gasteiger partial charge < -0.3 is 24.1 Å². The van der Waals surface area contributed by atoms with E-state index in [2.05, 4.69) is 0 Å². The Kier molecular flexibility index (Phi) is 10.7. The highest BCUT2D eigenvalue weighted by atomic mass is 32.2. The lowest BCUT2D eigenvalue weighted by Gasteiger charge is -2.34. The molecule has 0 radical (unpaired) electrons. The number of hydrogen-bond donors (Lipinski definition) is 1. The van der Waals surface area contributed by atoms with Crippen molar-refractivity contribution in [1.29, 1.82) is 0 Å². The molecule has 0 aliphatic carbocycles. The van der Waals surface area contributed by atoms with E-state index < -0.39 is 40.7 Å². The van der Waals surface area contributed by atoms with E-state index in [0.29, 0.717) is 54.9 Å². The quantitative estimate of drug-likeness (QED) is 0.267. The van der Waals surface area contributed by atoms with Crippen molar-refractivity contribution in [2.45, 2.75) is 56.1 Å². The summed E-state index contributed by atoms with van der Waals surface area (Å²) in [6, 6.07) is 17.8. The molecule has 1 heterocycles. The van der Waals surface area contributed by atoms with E-state index in [-0.39, 0.29) is 11.4 Å². The Bertz CT molecular complexity index is 1520. The van der Waals surface area contributed by atoms with Gasteiger partial charge in [0.2, 0.25) is 10.0 Å². The highest BCUT2D eigenvalue weighted by molar-refractivity contribution is 7.89. The van der Waals surface area contributed by atoms with E-state index in [1.54, 1.807) is 68.8 Å². The fourth-order valence-electron chi connectivity index (χ4n) is 5.07. The summed E-state index contributed by atoms with van der Waals surface area (Å²) in [6.45, 7) is 1.57. The molecule has 0 aromatic heterocycles. The van der Waals surface area contributed by atoms with Crippen molar-refractivity contribution in [1.82, 2.24) is 4.31 Å². The van der Waals surface area contributed by atoms with Gasteiger partial charge in [0.05, 0.1) is 19.1 Å². The van der Waals surface area contributed by atoms with Gasteiger partial charge in [-0.3, -0.25) is 4.79 Å². The predicted octanol–water partition coefficient (Wildman–Crippen LogP) is 4.94. The van der Waals surface area contributed by atoms with Crippen LogP contribution >= 0.6 is 0 Å². The third kappa shape index (κ3) is 8.05. The van der Waals surface area contributed by atoms with Gasteiger partial charge in [0, 0.05) is 6.54 Å². The lowest BCUT2D eigenvalue weighted by molar-refractivity contribution is -0.155. The van der Waals surface area contributed by atoms with E-state index in [1.165, 1.54) is 4.31 Å². The van der Waals surface area contributed by atoms with Crippen LogP contribution in [0.2, 0.25) is 0 Å². The average Bonchev–Trinajstić information content (AvgIpc) is 3.02. The zero-order chi connectivity index (χ0) is 31.0. The number of rotatable bonds is 13. The number of piperidine rings is 1. The summed E-state index contributed by atoms with van der Waals surface area (Å²) in [5, 5.41) is 9.03. The molecule has 3 aromatic carbocycles. The van der Waals surface area contributed by atoms with Crippen LogP contribution in [0.3, 0.4) is 0 Å². The van der Waals surface area contributed by atoms with Gasteiger partial charge in [-0.15, -0.1) is 0 Å². The first-order valence-corrected chi connectivity index (χ1v) is 15.5. The summed E-state index contributed by atoms with van der Waals surface area (Å²) >= 11 is 0. The Labute approximate surface area is 252 Å². The number of carbonyl (C=O) groups is 2. The Morgan fingerprint density at radius 2 is 1.72 bits per heavy atom. The zero-order valence-electron chi connectivity index (χ0n) is 24.5. The minimum atomic E-state index is -3.93. The molecule has 1 saturated heterocycles. The number of hydrogen-bond acceptors (Lipinski definition) is 8. The number of carboxylic acids is 1. The van der Waals surface area contributed by atoms with E-state index >= 15 is 0 Å². The first kappa shape index (κ1) is 31.8. The number of esters is 1. The van der Waals surface area contributed by atoms with Gasteiger partial charge in [0.1, 0.15) is 17.9 Å². The summed E-state index contributed by atoms with van der Waals surface area (Å²) in [7, 11) is -0.828. The molecule has 43 heavy (non-hydrogen) atoms. The van der Waals surface area contributed by atoms with Crippen LogP contribution in [0.1, 0.15) is 48.5 Å². The molecule has 2 atom stereocenters. The van der Waals surface area contributed by atoms with Gasteiger partial charge in [0.25, 0.3) is 0 Å². The van der Waals surface area contributed by atoms with E-state index in [1.807, 2.05) is 19.1 Å². The van der Waals surface area contributed by atoms with Gasteiger partial charge in [-0.05, 0) is 86.6 Å². The standard InChI is InChI=1S/C32H37NO9S/c1-22-10-14-26(15-11-22)43(37,38)33-18-5-4-9-27(33)32(36)42-28(24-7-6-8-25(20-24)41-21-31(34)35)16-12-23-13-17-29(39-2)30(19-23)40-3/h6-8,10-11,13-15,17,19-20,27-28H,4-5,9,12,16,18,21H2,1-3H3,(H,34,35)/t27-,28+/m0/s1. The predicted molar refractivity (Wildman–Crippen MR) is 159 cm³/mol. The maximum absolute atomic E-state index is 13.7. The Balaban J connectivity index is 1.60. The molecule has 10 nitrogen and oxygen atoms in total. The van der Waals surface area contributed by atoms with Crippen molar-refractivity contribution in [2.24, 2.45) is 0 Å². The summed E-state index contributed by atoms with van der Waals surface area (Å²) < 4.78 is 50.6. The third-order valence-corrected chi connectivity index (χ3v) is 9.27. The topological polar surface area (TPSA) is 129 Å². The molecule has 4 rings (SSSR count). The first-order valence-electron chi connectivity index (χ1n) is 14.1. The maximum atomic E-state index is 13.7. The summed E-state index contributed by atoms with van der Waals surface area (Å²) in [5.74, 6) is -0.284. The molecule has 1 N–H and O–H groups in total. The number of ether oxygens (including phenoxy) is 4. The van der Waals surface area contributed by atoms with Crippen molar-refractivity contribution in [3.63, 3.8) is 0 Å². The Morgan fingerprint density at radius 3 is 2.42 bits per heavy atom. The molecule has 3 aromatic rings. The van der Waals surface area contributed by atoms with Crippen LogP contribution in [0.25, 0.3) is 0 Å². The molecule has 0 spiro atoms. The van der Waals surface area contributed by atoms with Crippen molar-refractivity contribution in [2.75, 3.05) is 27.4 Å². The molecule has 1 aliphatic rings. The van der Waals surface area contributed by atoms with Gasteiger partial charge in [0.15, 0.2) is 18.1 Å². The second-order valence-electron chi connectivity index (χ2n) is 10.3. The highest BCUT2D eigenvalue weighted by Gasteiger charge is 2.39. The zero-order valence-corrected chi connectivity index (χ0v) is 25.3. The normalized spacial score (nSPS) is 16.2. The number of benzene rings is 3. The number of methoxy groups -OCH3 is 2. The fraction of sp³-hybridized carbons (Fsp3) is 0.375. The van der Waals surface area contributed by atoms with Crippen LogP contribution in [0.15, 0.2) is 71.6 Å². The second-order valence-corrected chi connectivity index (χ2v) is 12.2. The van der Waals surface area contributed by atoms with Crippen molar-refractivity contribution in [3.8, 4) is 17.2 Å². The van der Waals surface area contributed by atoms with Gasteiger partial charge in [-0.25, -0.2) is 13.2 Å². The van der Waals surface area contributed by atoms with Crippen LogP contribution in [0.5, 0.6) is 17.2 Å². The number of sulfonamides is 1. The molecule has 0 unspecified atom stereocenters. The van der Waals surface area contributed by atoms with Crippen LogP contribution in [-0.2, 0) is 30.8 Å². The molecule has 0 saturated carbocycles. The molecule has 1 fully saturated rings. The molecule has 0 bridgehead atoms. The molecular formula is C32H37NO9S. The van der Waals surface area contributed by atoms with Crippen LogP contribution in [-0.4, -0.2) is 63.2 Å². The van der Waals surface area contributed by atoms with Crippen molar-refractivity contribution < 1.29 is 42.1 Å². The molecule has 1 aliphatic heterocycles. The number of carboxylic acid groups (broad SMARTS) is 1. The highest BCUT2D eigenvalue weighted by Crippen LogP contribution is 2.33. The Morgan fingerprint density at radius 1 is 0.977 bits per heavy atom. The van der Waals surface area contributed by atoms with Gasteiger partial charge in [-0.1, -0.05) is 35.9 Å². The average molecular weight is 612 g/mol. The molecule has 0 amide bonds. The van der Waals surface area contributed by atoms with E-state index in [4.69, 9.17) is 24.1 Å². The van der Waals surface area contributed by atoms with Crippen molar-refractivity contribution in [3.05, 3.63) is 83.4 Å². The van der Waals surface area contributed by atoms with Crippen LogP contribution in [0.4, 0.5) is 0 Å². The van der Waals surface area contributed by atoms with E-state index in [0.717, 1.165) is 11.1 Å². The second kappa shape index (κ2) is 14.4. The summed E-state index contributed by atoms with van der Waals surface area (Å²) in [6.07, 6.45) is 1.76. The Hall–Kier alpha value is -4.09. The summed E-state index contributed by atoms with van der Waals surface area (Å²) in [5.41, 5.74) is 2.44. The minimum Gasteiger partial charge on any atom is -0.493 e. The molecule has 230 valence electrons. The third-order valence-electron chi connectivity index (χ3n) is 7.35. The number of aliphatic carboxylic acids is 1. The van der Waals surface area contributed by atoms with E-state index in [9.17, 15) is 18.0 Å². The number of nitrogens with zero attached hydrogens (tertiary/aromatic N) is 1. The monoisotopic (exact) mass is 611 g/mol. The minimum absolute atomic E-state index is 0.131. The number of carbonyl (C=O) groups excluding carboxylic acids is 1. The fourth-order valence-corrected chi connectivity index (χ4v) is 6.72. The van der Waals surface area contributed by atoms with Crippen LogP contribution < -0.4 is 14.2 Å². The first-order chi connectivity index (χ1) is 20.6. The smallest absolute Gasteiger partial charge is 0.341 e. The lowest BCUT2D eigenvalue weighted by atomic mass is 10.00. The lowest BCUT2D eigenvalue weighted by Crippen LogP contribution is -2.48. The van der Waals surface area contributed by atoms with Gasteiger partial charge in [-0.2, -0.15) is 4.31 Å². The largest absolute Gasteiger partial charge is 0.493 e. The van der Waals surface area contributed by atoms with Gasteiger partial charge >= 0.3 is 11.9 Å². The number of aryl methyl sites for hydroxylation is 2. The maximum Gasteiger partial charge on any atom is 0.341 e.